The maximum Gasteiger partial charge on any atom is 0.335 e. The molecule has 0 radical (unpaired) electrons. The smallest absolute Gasteiger partial charge is 0.335 e. The van der Waals surface area contributed by atoms with E-state index in [9.17, 15) is 14.4 Å². The van der Waals surface area contributed by atoms with Crippen molar-refractivity contribution in [1.29, 1.82) is 0 Å². The topological polar surface area (TPSA) is 84.8 Å². The van der Waals surface area contributed by atoms with Crippen LogP contribution in [0.3, 0.4) is 0 Å². The molecule has 1 unspecified atom stereocenters. The Balaban J connectivity index is 0.000000354. The van der Waals surface area contributed by atoms with Crippen molar-refractivity contribution in [3.63, 3.8) is 0 Å². The first-order valence-electron chi connectivity index (χ1n) is 5.17. The molecule has 0 saturated carbocycles. The molecule has 1 fully saturated rings. The Bertz CT molecular complexity index is 337. The average molecular weight is 240 g/mol. The summed E-state index contributed by atoms with van der Waals surface area (Å²) in [6, 6.07) is 0. The summed E-state index contributed by atoms with van der Waals surface area (Å²) in [5.74, 6) is -0.355. The maximum absolute atomic E-state index is 10.7. The predicted molar refractivity (Wildman–Crippen MR) is 60.7 cm³/mol. The second kappa shape index (κ2) is 8.24. The zero-order valence-corrected chi connectivity index (χ0v) is 9.99. The molecule has 0 bridgehead atoms. The molecule has 1 amide bonds. The molecule has 1 aliphatic heterocycles. The van der Waals surface area contributed by atoms with Crippen LogP contribution in [0.2, 0.25) is 0 Å². The van der Waals surface area contributed by atoms with Crippen molar-refractivity contribution in [3.8, 4) is 0 Å². The molecular weight excluding hydrogens is 224 g/mol. The molecule has 1 rings (SSSR count). The van der Waals surface area contributed by atoms with E-state index in [1.54, 1.807) is 0 Å². The average Bonchev–Trinajstić information content (AvgIpc) is 2.70. The summed E-state index contributed by atoms with van der Waals surface area (Å²) < 4.78 is 4.58. The second-order valence-corrected chi connectivity index (χ2v) is 3.46. The van der Waals surface area contributed by atoms with Crippen LogP contribution in [0.5, 0.6) is 0 Å². The van der Waals surface area contributed by atoms with Crippen molar-refractivity contribution in [2.24, 2.45) is 4.99 Å². The first kappa shape index (κ1) is 15.1. The van der Waals surface area contributed by atoms with E-state index in [0.717, 1.165) is 19.4 Å². The molecule has 1 saturated heterocycles. The number of hydrogen-bond donors (Lipinski definition) is 1. The van der Waals surface area contributed by atoms with Crippen LogP contribution in [-0.4, -0.2) is 30.7 Å². The molecule has 0 spiro atoms. The van der Waals surface area contributed by atoms with E-state index in [4.69, 9.17) is 0 Å². The van der Waals surface area contributed by atoms with E-state index in [2.05, 4.69) is 21.6 Å². The van der Waals surface area contributed by atoms with Crippen LogP contribution in [0.1, 0.15) is 26.7 Å². The number of aliphatic imine (C=N–C) groups is 1. The molecule has 6 heteroatoms. The fourth-order valence-electron chi connectivity index (χ4n) is 0.921. The molecular formula is C11H16N2O4. The largest absolute Gasteiger partial charge is 0.436 e. The van der Waals surface area contributed by atoms with Crippen LogP contribution in [-0.2, 0) is 19.1 Å². The fraction of sp³-hybridized carbons (Fsp3) is 0.545. The Hall–Kier alpha value is -1.94. The number of amides is 1. The molecule has 17 heavy (non-hydrogen) atoms. The number of isocyanates is 1. The number of carbonyl (C=O) groups is 2. The summed E-state index contributed by atoms with van der Waals surface area (Å²) in [6.45, 7) is 7.22. The van der Waals surface area contributed by atoms with Gasteiger partial charge in [-0.2, -0.15) is 4.99 Å². The van der Waals surface area contributed by atoms with Crippen molar-refractivity contribution in [1.82, 2.24) is 5.32 Å². The van der Waals surface area contributed by atoms with Crippen LogP contribution in [0.15, 0.2) is 17.1 Å². The van der Waals surface area contributed by atoms with Crippen LogP contribution in [0.4, 0.5) is 0 Å². The Labute approximate surface area is 99.7 Å². The maximum atomic E-state index is 10.7. The number of hydrogen-bond acceptors (Lipinski definition) is 5. The first-order chi connectivity index (χ1) is 7.97. The van der Waals surface area contributed by atoms with E-state index in [-0.39, 0.29) is 11.5 Å². The lowest BCUT2D eigenvalue weighted by atomic mass is 10.4. The third kappa shape index (κ3) is 7.93. The van der Waals surface area contributed by atoms with E-state index in [1.807, 2.05) is 0 Å². The minimum atomic E-state index is -0.781. The highest BCUT2D eigenvalue weighted by atomic mass is 16.6. The summed E-state index contributed by atoms with van der Waals surface area (Å²) in [5.41, 5.74) is 0.276. The van der Waals surface area contributed by atoms with Crippen molar-refractivity contribution in [3.05, 3.63) is 12.2 Å². The quantitative estimate of drug-likeness (QED) is 0.340. The Morgan fingerprint density at radius 1 is 1.65 bits per heavy atom. The summed E-state index contributed by atoms with van der Waals surface area (Å²) in [4.78, 5) is 33.7. The van der Waals surface area contributed by atoms with E-state index in [1.165, 1.54) is 19.9 Å². The van der Waals surface area contributed by atoms with Gasteiger partial charge in [-0.1, -0.05) is 6.58 Å². The van der Waals surface area contributed by atoms with Crippen LogP contribution in [0.25, 0.3) is 0 Å². The number of carbonyl (C=O) groups excluding carboxylic acids is 3. The molecule has 1 aliphatic rings. The lowest BCUT2D eigenvalue weighted by molar-refractivity contribution is -0.142. The summed E-state index contributed by atoms with van der Waals surface area (Å²) in [7, 11) is 0. The van der Waals surface area contributed by atoms with Crippen LogP contribution >= 0.6 is 0 Å². The van der Waals surface area contributed by atoms with Crippen molar-refractivity contribution in [2.75, 3.05) is 6.54 Å². The van der Waals surface area contributed by atoms with Crippen molar-refractivity contribution >= 4 is 18.0 Å². The van der Waals surface area contributed by atoms with Gasteiger partial charge in [0.25, 0.3) is 0 Å². The van der Waals surface area contributed by atoms with Gasteiger partial charge < -0.3 is 10.1 Å². The van der Waals surface area contributed by atoms with Gasteiger partial charge in [-0.3, -0.25) is 4.79 Å². The molecule has 6 nitrogen and oxygen atoms in total. The third-order valence-corrected chi connectivity index (χ3v) is 1.76. The van der Waals surface area contributed by atoms with Gasteiger partial charge in [0.15, 0.2) is 0 Å². The summed E-state index contributed by atoms with van der Waals surface area (Å²) >= 11 is 0. The molecule has 0 aromatic rings. The molecule has 94 valence electrons. The lowest BCUT2D eigenvalue weighted by Gasteiger charge is -2.05. The highest BCUT2D eigenvalue weighted by Gasteiger charge is 2.07. The first-order valence-corrected chi connectivity index (χ1v) is 5.17. The molecule has 1 N–H and O–H groups in total. The predicted octanol–water partition coefficient (Wildman–Crippen LogP) is 0.684. The molecule has 1 heterocycles. The minimum absolute atomic E-state index is 0.204. The standard InChI is InChI=1S/C7H9NO3.C4H7NO/c1-5(2)7(10)11-6(3)8-4-9;6-4-2-1-3-5-4/h6H,1H2,2-3H3;1-3H2,(H,5,6). The van der Waals surface area contributed by atoms with Gasteiger partial charge in [0, 0.05) is 18.5 Å². The van der Waals surface area contributed by atoms with Crippen molar-refractivity contribution in [2.45, 2.75) is 32.9 Å². The van der Waals surface area contributed by atoms with Gasteiger partial charge in [-0.05, 0) is 20.3 Å². The molecule has 0 aromatic carbocycles. The van der Waals surface area contributed by atoms with Gasteiger partial charge in [0.1, 0.15) is 0 Å². The Morgan fingerprint density at radius 3 is 2.59 bits per heavy atom. The molecule has 1 atom stereocenters. The minimum Gasteiger partial charge on any atom is -0.436 e. The van der Waals surface area contributed by atoms with Crippen molar-refractivity contribution < 1.29 is 19.1 Å². The number of esters is 1. The highest BCUT2D eigenvalue weighted by Crippen LogP contribution is 1.97. The lowest BCUT2D eigenvalue weighted by Crippen LogP contribution is -2.12. The summed E-state index contributed by atoms with van der Waals surface area (Å²) in [6.07, 6.45) is 2.26. The summed E-state index contributed by atoms with van der Waals surface area (Å²) in [5, 5.41) is 2.68. The monoisotopic (exact) mass is 240 g/mol. The second-order valence-electron chi connectivity index (χ2n) is 3.46. The molecule has 0 aliphatic carbocycles. The van der Waals surface area contributed by atoms with Gasteiger partial charge in [0.05, 0.1) is 0 Å². The van der Waals surface area contributed by atoms with Gasteiger partial charge in [0.2, 0.25) is 18.2 Å². The Morgan fingerprint density at radius 2 is 2.29 bits per heavy atom. The number of rotatable bonds is 3. The number of nitrogens with zero attached hydrogens (tertiary/aromatic N) is 1. The third-order valence-electron chi connectivity index (χ3n) is 1.76. The van der Waals surface area contributed by atoms with Crippen LogP contribution < -0.4 is 5.32 Å². The van der Waals surface area contributed by atoms with Gasteiger partial charge in [-0.25, -0.2) is 9.59 Å². The van der Waals surface area contributed by atoms with Gasteiger partial charge in [-0.15, -0.1) is 0 Å². The fourth-order valence-corrected chi connectivity index (χ4v) is 0.921. The van der Waals surface area contributed by atoms with Crippen LogP contribution in [0, 0.1) is 0 Å². The van der Waals surface area contributed by atoms with E-state index < -0.39 is 12.2 Å². The normalized spacial score (nSPS) is 14.6. The highest BCUT2D eigenvalue weighted by molar-refractivity contribution is 5.87. The van der Waals surface area contributed by atoms with E-state index in [0.29, 0.717) is 0 Å². The van der Waals surface area contributed by atoms with E-state index >= 15 is 0 Å². The zero-order valence-electron chi connectivity index (χ0n) is 9.99. The number of nitrogens with one attached hydrogen (secondary N) is 1. The SMILES string of the molecule is C=C(C)C(=O)OC(C)N=C=O.O=C1CCCN1. The zero-order chi connectivity index (χ0) is 13.3. The number of ether oxygens (including phenoxy) is 1. The van der Waals surface area contributed by atoms with Gasteiger partial charge >= 0.3 is 5.97 Å². The Kier molecular flexibility index (Phi) is 7.30. The molecule has 0 aromatic heterocycles.